The van der Waals surface area contributed by atoms with Gasteiger partial charge in [0.2, 0.25) is 17.8 Å². The number of hydrogen-bond acceptors (Lipinski definition) is 11. The van der Waals surface area contributed by atoms with Gasteiger partial charge in [-0.05, 0) is 72.9 Å². The number of nitrogens with two attached hydrogens (primary N) is 1. The molecule has 0 saturated carbocycles. The zero-order valence-electron chi connectivity index (χ0n) is 27.4. The van der Waals surface area contributed by atoms with E-state index < -0.39 is 18.0 Å². The van der Waals surface area contributed by atoms with E-state index in [2.05, 4.69) is 35.8 Å². The third-order valence-corrected chi connectivity index (χ3v) is 8.25. The van der Waals surface area contributed by atoms with E-state index in [0.717, 1.165) is 16.8 Å². The number of likely N-dealkylation sites (tertiary alicyclic amines) is 1. The van der Waals surface area contributed by atoms with Crippen LogP contribution in [0, 0.1) is 12.7 Å². The Morgan fingerprint density at radius 1 is 1.04 bits per heavy atom. The highest BCUT2D eigenvalue weighted by Crippen LogP contribution is 2.29. The third-order valence-electron chi connectivity index (χ3n) is 8.25. The molecule has 2 aliphatic rings. The van der Waals surface area contributed by atoms with E-state index >= 15 is 0 Å². The number of nitrogens with zero attached hydrogens (tertiary/aromatic N) is 4. The molecule has 0 spiro atoms. The number of hydrogen-bond donors (Lipinski definition) is 4. The molecule has 49 heavy (non-hydrogen) atoms. The molecule has 2 atom stereocenters. The summed E-state index contributed by atoms with van der Waals surface area (Å²) in [5.41, 5.74) is 9.36. The fourth-order valence-electron chi connectivity index (χ4n) is 5.93. The lowest BCUT2D eigenvalue weighted by molar-refractivity contribution is -0.125. The number of nitrogen functional groups attached to an aromatic ring is 1. The molecule has 5 N–H and O–H groups in total. The molecule has 3 heterocycles. The number of fused-ring (bicyclic) bond motifs is 5. The molecule has 4 aromatic rings. The molecule has 6 rings (SSSR count). The highest BCUT2D eigenvalue weighted by Gasteiger charge is 2.33. The summed E-state index contributed by atoms with van der Waals surface area (Å²) in [7, 11) is 1.52. The van der Waals surface area contributed by atoms with Crippen molar-refractivity contribution in [2.24, 2.45) is 0 Å². The van der Waals surface area contributed by atoms with Crippen molar-refractivity contribution in [3.05, 3.63) is 89.0 Å². The van der Waals surface area contributed by atoms with Gasteiger partial charge in [0.05, 0.1) is 19.7 Å². The maximum Gasteiger partial charge on any atom is 0.258 e. The summed E-state index contributed by atoms with van der Waals surface area (Å²) in [5.74, 6) is 0.978. The molecule has 1 saturated heterocycles. The van der Waals surface area contributed by atoms with E-state index in [-0.39, 0.29) is 37.3 Å². The van der Waals surface area contributed by atoms with Crippen LogP contribution in [0.15, 0.2) is 60.7 Å². The van der Waals surface area contributed by atoms with E-state index in [4.69, 9.17) is 19.9 Å². The number of carbonyl (C=O) groups excluding carboxylic acids is 2. The SMILES string of the molecule is COc1ccc2cc1OCC(=O)N[C@@H]1CN(Cc3nc(N)nc(Nc4cccc(C)c4)n3)CC[C@H]1Oc1cc(F)cc(c1)CNC(=O)CC2. The second-order valence-electron chi connectivity index (χ2n) is 12.1. The number of aromatic nitrogens is 3. The number of anilines is 3. The Kier molecular flexibility index (Phi) is 10.3. The summed E-state index contributed by atoms with van der Waals surface area (Å²) in [6.07, 6.45) is 0.654. The van der Waals surface area contributed by atoms with Crippen LogP contribution in [0.4, 0.5) is 22.0 Å². The Balaban J connectivity index is 1.22. The minimum absolute atomic E-state index is 0.0811. The van der Waals surface area contributed by atoms with Gasteiger partial charge < -0.3 is 35.9 Å². The first-order valence-corrected chi connectivity index (χ1v) is 16.1. The van der Waals surface area contributed by atoms with Crippen LogP contribution in [-0.2, 0) is 29.1 Å². The van der Waals surface area contributed by atoms with Gasteiger partial charge in [-0.3, -0.25) is 14.5 Å². The van der Waals surface area contributed by atoms with Gasteiger partial charge in [-0.1, -0.05) is 18.2 Å². The summed E-state index contributed by atoms with van der Waals surface area (Å²) in [4.78, 5) is 41.2. The lowest BCUT2D eigenvalue weighted by Crippen LogP contribution is -2.57. The standard InChI is InChI=1S/C35H39FN8O5/c1-21-4-3-5-25(12-21)39-35-42-31(41-34(37)43-35)19-44-11-10-28-27(18-44)40-33(46)20-48-30-15-22(6-8-29(30)47-2)7-9-32(45)38-17-23-13-24(36)16-26(14-23)49-28/h3-6,8,12-16,27-28H,7,9-11,17-20H2,1-2H3,(H,38,45)(H,40,46)(H3,37,39,41,42,43)/t27-,28-/m1/s1. The van der Waals surface area contributed by atoms with Crippen LogP contribution >= 0.6 is 0 Å². The number of methoxy groups -OCH3 is 1. The van der Waals surface area contributed by atoms with Crippen LogP contribution < -0.4 is 35.9 Å². The normalized spacial score (nSPS) is 18.8. The zero-order chi connectivity index (χ0) is 34.3. The van der Waals surface area contributed by atoms with E-state index in [1.807, 2.05) is 37.3 Å². The largest absolute Gasteiger partial charge is 0.493 e. The Bertz CT molecular complexity index is 1820. The average molecular weight is 671 g/mol. The van der Waals surface area contributed by atoms with Crippen LogP contribution in [0.1, 0.15) is 35.4 Å². The Hall–Kier alpha value is -5.50. The average Bonchev–Trinajstić information content (AvgIpc) is 3.06. The fraction of sp³-hybridized carbons (Fsp3) is 0.343. The van der Waals surface area contributed by atoms with Crippen LogP contribution in [0.25, 0.3) is 0 Å². The number of benzene rings is 3. The second kappa shape index (κ2) is 15.2. The zero-order valence-corrected chi connectivity index (χ0v) is 27.4. The molecule has 13 nitrogen and oxygen atoms in total. The smallest absolute Gasteiger partial charge is 0.258 e. The van der Waals surface area contributed by atoms with Gasteiger partial charge in [0.1, 0.15) is 23.5 Å². The number of piperidine rings is 1. The van der Waals surface area contributed by atoms with Crippen LogP contribution in [-0.4, -0.2) is 70.6 Å². The Morgan fingerprint density at radius 3 is 2.76 bits per heavy atom. The van der Waals surface area contributed by atoms with Crippen LogP contribution in [0.5, 0.6) is 17.2 Å². The van der Waals surface area contributed by atoms with Crippen molar-refractivity contribution < 1.29 is 28.2 Å². The van der Waals surface area contributed by atoms with Crippen molar-refractivity contribution in [1.82, 2.24) is 30.5 Å². The molecule has 1 fully saturated rings. The maximum absolute atomic E-state index is 14.7. The summed E-state index contributed by atoms with van der Waals surface area (Å²) >= 11 is 0. The number of ether oxygens (including phenoxy) is 3. The van der Waals surface area contributed by atoms with Gasteiger partial charge in [-0.25, -0.2) is 4.39 Å². The van der Waals surface area contributed by atoms with Crippen molar-refractivity contribution in [1.29, 1.82) is 0 Å². The highest BCUT2D eigenvalue weighted by atomic mass is 19.1. The molecule has 4 bridgehead atoms. The highest BCUT2D eigenvalue weighted by molar-refractivity contribution is 5.78. The summed E-state index contributed by atoms with van der Waals surface area (Å²) in [6.45, 7) is 3.12. The van der Waals surface area contributed by atoms with Crippen molar-refractivity contribution in [3.8, 4) is 17.2 Å². The molecule has 2 amide bonds. The molecule has 0 unspecified atom stereocenters. The number of nitrogens with one attached hydrogen (secondary N) is 3. The van der Waals surface area contributed by atoms with E-state index in [9.17, 15) is 14.0 Å². The molecule has 0 aliphatic carbocycles. The maximum atomic E-state index is 14.7. The molecular formula is C35H39FN8O5. The summed E-state index contributed by atoms with van der Waals surface area (Å²) < 4.78 is 32.4. The summed E-state index contributed by atoms with van der Waals surface area (Å²) in [5, 5.41) is 9.10. The van der Waals surface area contributed by atoms with Crippen molar-refractivity contribution >= 4 is 29.4 Å². The van der Waals surface area contributed by atoms with Gasteiger partial charge in [-0.15, -0.1) is 0 Å². The first-order valence-electron chi connectivity index (χ1n) is 16.1. The van der Waals surface area contributed by atoms with Crippen molar-refractivity contribution in [2.75, 3.05) is 37.9 Å². The number of carbonyl (C=O) groups is 2. The van der Waals surface area contributed by atoms with Gasteiger partial charge in [-0.2, -0.15) is 15.0 Å². The van der Waals surface area contributed by atoms with Crippen LogP contribution in [0.2, 0.25) is 0 Å². The van der Waals surface area contributed by atoms with Gasteiger partial charge in [0.25, 0.3) is 5.91 Å². The van der Waals surface area contributed by atoms with E-state index in [1.165, 1.54) is 19.2 Å². The predicted molar refractivity (Wildman–Crippen MR) is 180 cm³/mol. The van der Waals surface area contributed by atoms with Gasteiger partial charge in [0.15, 0.2) is 18.1 Å². The Labute approximate surface area is 283 Å². The quantitative estimate of drug-likeness (QED) is 0.246. The van der Waals surface area contributed by atoms with Crippen LogP contribution in [0.3, 0.4) is 0 Å². The lowest BCUT2D eigenvalue weighted by Gasteiger charge is -2.38. The fourth-order valence-corrected chi connectivity index (χ4v) is 5.93. The Morgan fingerprint density at radius 2 is 1.92 bits per heavy atom. The lowest BCUT2D eigenvalue weighted by atomic mass is 10.0. The first kappa shape index (κ1) is 33.4. The van der Waals surface area contributed by atoms with Crippen molar-refractivity contribution in [3.63, 3.8) is 0 Å². The molecule has 1 aromatic heterocycles. The van der Waals surface area contributed by atoms with Crippen molar-refractivity contribution in [2.45, 2.75) is 51.4 Å². The molecule has 256 valence electrons. The molecule has 0 radical (unpaired) electrons. The number of rotatable bonds is 5. The first-order chi connectivity index (χ1) is 23.7. The van der Waals surface area contributed by atoms with Gasteiger partial charge >= 0.3 is 0 Å². The number of amides is 2. The van der Waals surface area contributed by atoms with E-state index in [0.29, 0.717) is 67.1 Å². The van der Waals surface area contributed by atoms with E-state index in [1.54, 1.807) is 18.2 Å². The number of halogens is 1. The third kappa shape index (κ3) is 9.11. The molecular weight excluding hydrogens is 631 g/mol. The minimum Gasteiger partial charge on any atom is -0.493 e. The predicted octanol–water partition coefficient (Wildman–Crippen LogP) is 3.43. The molecule has 14 heteroatoms. The monoisotopic (exact) mass is 670 g/mol. The summed E-state index contributed by atoms with van der Waals surface area (Å²) in [6, 6.07) is 17.0. The minimum atomic E-state index is -0.507. The topological polar surface area (TPSA) is 166 Å². The number of aryl methyl sites for hydroxylation is 2. The molecule has 3 aromatic carbocycles. The molecule has 2 aliphatic heterocycles. The second-order valence-corrected chi connectivity index (χ2v) is 12.1. The van der Waals surface area contributed by atoms with Gasteiger partial charge in [0, 0.05) is 37.8 Å².